The molecule has 1 aliphatic heterocycles. The van der Waals surface area contributed by atoms with Crippen molar-refractivity contribution in [2.45, 2.75) is 19.0 Å². The van der Waals surface area contributed by atoms with Crippen molar-refractivity contribution in [2.24, 2.45) is 0 Å². The predicted molar refractivity (Wildman–Crippen MR) is 137 cm³/mol. The van der Waals surface area contributed by atoms with Gasteiger partial charge in [-0.15, -0.1) is 0 Å². The summed E-state index contributed by atoms with van der Waals surface area (Å²) in [5, 5.41) is 4.21. The van der Waals surface area contributed by atoms with Crippen LogP contribution in [0.2, 0.25) is 0 Å². The standard InChI is InChI=1S/C26H26N6S/c1-18-9-14-23(28-17-18)31-16-6-8-22(31)25-24(21-7-4-5-15-27-21)29-26(33)32(25)20-12-10-19(11-13-20)30(2)3/h4-17,24-25H,1-3H3,(H,29,33). The lowest BCUT2D eigenvalue weighted by molar-refractivity contribution is 0.548. The van der Waals surface area contributed by atoms with Crippen LogP contribution < -0.4 is 15.1 Å². The minimum Gasteiger partial charge on any atom is -0.378 e. The molecule has 2 unspecified atom stereocenters. The number of aryl methyl sites for hydroxylation is 1. The molecule has 3 aromatic heterocycles. The van der Waals surface area contributed by atoms with Crippen molar-refractivity contribution in [3.8, 4) is 5.82 Å². The fraction of sp³-hybridized carbons (Fsp3) is 0.192. The van der Waals surface area contributed by atoms with Crippen LogP contribution in [-0.2, 0) is 0 Å². The molecule has 1 N–H and O–H groups in total. The number of rotatable bonds is 5. The van der Waals surface area contributed by atoms with E-state index in [2.05, 4.69) is 78.3 Å². The molecule has 166 valence electrons. The van der Waals surface area contributed by atoms with E-state index >= 15 is 0 Å². The Morgan fingerprint density at radius 2 is 1.76 bits per heavy atom. The van der Waals surface area contributed by atoms with Crippen LogP contribution in [0.15, 0.2) is 85.3 Å². The summed E-state index contributed by atoms with van der Waals surface area (Å²) < 4.78 is 2.14. The van der Waals surface area contributed by atoms with Crippen molar-refractivity contribution in [1.82, 2.24) is 19.9 Å². The van der Waals surface area contributed by atoms with Crippen molar-refractivity contribution in [1.29, 1.82) is 0 Å². The van der Waals surface area contributed by atoms with Gasteiger partial charge < -0.3 is 19.7 Å². The van der Waals surface area contributed by atoms with Gasteiger partial charge in [0, 0.05) is 49.8 Å². The lowest BCUT2D eigenvalue weighted by Crippen LogP contribution is -2.30. The number of nitrogens with zero attached hydrogens (tertiary/aromatic N) is 5. The van der Waals surface area contributed by atoms with Crippen molar-refractivity contribution in [3.05, 3.63) is 102 Å². The number of pyridine rings is 2. The quantitative estimate of drug-likeness (QED) is 0.437. The maximum atomic E-state index is 5.86. The first-order valence-corrected chi connectivity index (χ1v) is 11.3. The fourth-order valence-electron chi connectivity index (χ4n) is 4.29. The number of thiocarbonyl (C=S) groups is 1. The fourth-order valence-corrected chi connectivity index (χ4v) is 4.64. The van der Waals surface area contributed by atoms with E-state index in [4.69, 9.17) is 12.2 Å². The van der Waals surface area contributed by atoms with Crippen LogP contribution in [0, 0.1) is 6.92 Å². The van der Waals surface area contributed by atoms with Gasteiger partial charge in [-0.1, -0.05) is 12.1 Å². The second-order valence-electron chi connectivity index (χ2n) is 8.40. The summed E-state index contributed by atoms with van der Waals surface area (Å²) in [5.74, 6) is 0.876. The van der Waals surface area contributed by atoms with Crippen LogP contribution in [0.4, 0.5) is 11.4 Å². The lowest BCUT2D eigenvalue weighted by Gasteiger charge is -2.29. The third kappa shape index (κ3) is 3.96. The molecule has 0 radical (unpaired) electrons. The Hall–Kier alpha value is -3.71. The molecule has 7 heteroatoms. The normalized spacial score (nSPS) is 17.8. The van der Waals surface area contributed by atoms with Gasteiger partial charge in [0.25, 0.3) is 0 Å². The summed E-state index contributed by atoms with van der Waals surface area (Å²) in [6, 6.07) is 22.6. The highest BCUT2D eigenvalue weighted by molar-refractivity contribution is 7.80. The Balaban J connectivity index is 1.63. The highest BCUT2D eigenvalue weighted by Crippen LogP contribution is 2.42. The van der Waals surface area contributed by atoms with Crippen LogP contribution in [0.25, 0.3) is 5.82 Å². The molecule has 1 fully saturated rings. The van der Waals surface area contributed by atoms with E-state index in [0.29, 0.717) is 5.11 Å². The van der Waals surface area contributed by atoms with Crippen LogP contribution >= 0.6 is 12.2 Å². The largest absolute Gasteiger partial charge is 0.378 e. The summed E-state index contributed by atoms with van der Waals surface area (Å²) in [6.07, 6.45) is 5.77. The Morgan fingerprint density at radius 1 is 0.939 bits per heavy atom. The van der Waals surface area contributed by atoms with E-state index in [1.807, 2.05) is 57.7 Å². The first-order chi connectivity index (χ1) is 16.0. The third-order valence-electron chi connectivity index (χ3n) is 5.97. The molecule has 4 aromatic rings. The molecule has 5 rings (SSSR count). The Kier molecular flexibility index (Phi) is 5.56. The molecule has 0 aliphatic carbocycles. The van der Waals surface area contributed by atoms with Gasteiger partial charge in [0.05, 0.1) is 11.7 Å². The average molecular weight is 455 g/mol. The molecule has 1 aliphatic rings. The zero-order chi connectivity index (χ0) is 22.9. The first-order valence-electron chi connectivity index (χ1n) is 10.9. The number of hydrogen-bond acceptors (Lipinski definition) is 4. The van der Waals surface area contributed by atoms with E-state index in [9.17, 15) is 0 Å². The SMILES string of the molecule is Cc1ccc(-n2cccc2C2C(c3ccccn3)NC(=S)N2c2ccc(N(C)C)cc2)nc1. The van der Waals surface area contributed by atoms with Gasteiger partial charge in [-0.3, -0.25) is 4.98 Å². The zero-order valence-electron chi connectivity index (χ0n) is 18.9. The number of hydrogen-bond donors (Lipinski definition) is 1. The summed E-state index contributed by atoms with van der Waals surface area (Å²) >= 11 is 5.86. The van der Waals surface area contributed by atoms with E-state index in [0.717, 1.165) is 34.1 Å². The maximum absolute atomic E-state index is 5.86. The molecule has 1 aromatic carbocycles. The summed E-state index contributed by atoms with van der Waals surface area (Å²) in [5.41, 5.74) is 5.34. The molecular formula is C26H26N6S. The van der Waals surface area contributed by atoms with Gasteiger partial charge in [0.1, 0.15) is 11.9 Å². The van der Waals surface area contributed by atoms with Crippen LogP contribution in [-0.4, -0.2) is 33.7 Å². The van der Waals surface area contributed by atoms with Crippen molar-refractivity contribution < 1.29 is 0 Å². The second kappa shape index (κ2) is 8.67. The van der Waals surface area contributed by atoms with E-state index in [-0.39, 0.29) is 12.1 Å². The van der Waals surface area contributed by atoms with Gasteiger partial charge in [0.15, 0.2) is 5.11 Å². The Labute approximate surface area is 199 Å². The smallest absolute Gasteiger partial charge is 0.174 e. The highest BCUT2D eigenvalue weighted by atomic mass is 32.1. The zero-order valence-corrected chi connectivity index (χ0v) is 19.7. The molecule has 0 saturated carbocycles. The maximum Gasteiger partial charge on any atom is 0.174 e. The molecule has 4 heterocycles. The molecule has 0 bridgehead atoms. The van der Waals surface area contributed by atoms with Crippen molar-refractivity contribution >= 4 is 28.7 Å². The number of anilines is 2. The van der Waals surface area contributed by atoms with Gasteiger partial charge in [-0.05, 0) is 79.3 Å². The minimum atomic E-state index is -0.105. The molecule has 0 amide bonds. The van der Waals surface area contributed by atoms with Gasteiger partial charge in [0.2, 0.25) is 0 Å². The number of benzene rings is 1. The first kappa shape index (κ1) is 21.2. The van der Waals surface area contributed by atoms with E-state index in [1.165, 1.54) is 0 Å². The third-order valence-corrected chi connectivity index (χ3v) is 6.28. The number of aromatic nitrogens is 3. The number of nitrogens with one attached hydrogen (secondary N) is 1. The monoisotopic (exact) mass is 454 g/mol. The molecule has 33 heavy (non-hydrogen) atoms. The average Bonchev–Trinajstić information content (AvgIpc) is 3.44. The summed E-state index contributed by atoms with van der Waals surface area (Å²) in [7, 11) is 4.08. The van der Waals surface area contributed by atoms with Crippen LogP contribution in [0.5, 0.6) is 0 Å². The lowest BCUT2D eigenvalue weighted by atomic mass is 10.0. The van der Waals surface area contributed by atoms with Gasteiger partial charge >= 0.3 is 0 Å². The topological polar surface area (TPSA) is 49.2 Å². The predicted octanol–water partition coefficient (Wildman–Crippen LogP) is 4.82. The van der Waals surface area contributed by atoms with Crippen molar-refractivity contribution in [2.75, 3.05) is 23.9 Å². The summed E-state index contributed by atoms with van der Waals surface area (Å²) in [4.78, 5) is 13.6. The van der Waals surface area contributed by atoms with E-state index < -0.39 is 0 Å². The van der Waals surface area contributed by atoms with Gasteiger partial charge in [-0.2, -0.15) is 0 Å². The Bertz CT molecular complexity index is 1250. The van der Waals surface area contributed by atoms with Crippen LogP contribution in [0.1, 0.15) is 29.0 Å². The van der Waals surface area contributed by atoms with Crippen molar-refractivity contribution in [3.63, 3.8) is 0 Å². The molecular weight excluding hydrogens is 428 g/mol. The second-order valence-corrected chi connectivity index (χ2v) is 8.79. The minimum absolute atomic E-state index is 0.101. The molecule has 2 atom stereocenters. The van der Waals surface area contributed by atoms with Gasteiger partial charge in [-0.25, -0.2) is 4.98 Å². The highest BCUT2D eigenvalue weighted by Gasteiger charge is 2.42. The molecule has 0 spiro atoms. The van der Waals surface area contributed by atoms with E-state index in [1.54, 1.807) is 0 Å². The molecule has 6 nitrogen and oxygen atoms in total. The summed E-state index contributed by atoms with van der Waals surface area (Å²) in [6.45, 7) is 2.04. The van der Waals surface area contributed by atoms with Crippen LogP contribution in [0.3, 0.4) is 0 Å². The Morgan fingerprint density at radius 3 is 2.42 bits per heavy atom. The molecule has 1 saturated heterocycles.